The van der Waals surface area contributed by atoms with Gasteiger partial charge in [0.2, 0.25) is 0 Å². The Morgan fingerprint density at radius 2 is 2.04 bits per heavy atom. The first-order valence-corrected chi connectivity index (χ1v) is 10.5. The molecule has 0 unspecified atom stereocenters. The standard InChI is InChI=1S/C23H26O3S/c24-20(22-16-19-9-5-6-12-21(19)27-22)15-14-18-11-7-10-17(18)8-3-1-2-4-13-23(25)26/h1,3,5-6,9,12,14-18H,2,4,7-8,10-11,13H2,(H,25,26)/b3-1-,15-14+/t17-,18+/m0/s1. The first-order chi connectivity index (χ1) is 13.1. The third-order valence-electron chi connectivity index (χ3n) is 5.25. The number of unbranched alkanes of at least 4 members (excludes halogenated alkanes) is 1. The number of ketones is 1. The van der Waals surface area contributed by atoms with Gasteiger partial charge in [-0.25, -0.2) is 0 Å². The Morgan fingerprint density at radius 1 is 1.19 bits per heavy atom. The Bertz CT molecular complexity index is 813. The number of fused-ring (bicyclic) bond motifs is 1. The summed E-state index contributed by atoms with van der Waals surface area (Å²) in [4.78, 5) is 23.8. The molecule has 1 aliphatic rings. The maximum absolute atomic E-state index is 12.5. The lowest BCUT2D eigenvalue weighted by Crippen LogP contribution is -2.04. The average Bonchev–Trinajstić information content (AvgIpc) is 3.28. The van der Waals surface area contributed by atoms with E-state index in [4.69, 9.17) is 5.11 Å². The fourth-order valence-electron chi connectivity index (χ4n) is 3.77. The highest BCUT2D eigenvalue weighted by Crippen LogP contribution is 2.35. The van der Waals surface area contributed by atoms with E-state index in [-0.39, 0.29) is 12.2 Å². The quantitative estimate of drug-likeness (QED) is 0.241. The van der Waals surface area contributed by atoms with Crippen LogP contribution in [0.5, 0.6) is 0 Å². The number of carboxylic acid groups (broad SMARTS) is 1. The van der Waals surface area contributed by atoms with Gasteiger partial charge in [-0.15, -0.1) is 11.3 Å². The minimum atomic E-state index is -0.729. The number of rotatable bonds is 9. The van der Waals surface area contributed by atoms with Crippen molar-refractivity contribution in [3.8, 4) is 0 Å². The molecule has 1 aromatic heterocycles. The highest BCUT2D eigenvalue weighted by Gasteiger charge is 2.24. The lowest BCUT2D eigenvalue weighted by molar-refractivity contribution is -0.137. The van der Waals surface area contributed by atoms with Crippen molar-refractivity contribution in [3.05, 3.63) is 59.5 Å². The fraction of sp³-hybridized carbons (Fsp3) is 0.391. The first kappa shape index (κ1) is 19.6. The second-order valence-corrected chi connectivity index (χ2v) is 8.30. The summed E-state index contributed by atoms with van der Waals surface area (Å²) < 4.78 is 1.15. The molecule has 3 rings (SSSR count). The number of allylic oxidation sites excluding steroid dienone is 4. The highest BCUT2D eigenvalue weighted by atomic mass is 32.1. The molecule has 0 spiro atoms. The second-order valence-electron chi connectivity index (χ2n) is 7.22. The van der Waals surface area contributed by atoms with Crippen LogP contribution in [0.25, 0.3) is 10.1 Å². The third-order valence-corrected chi connectivity index (χ3v) is 6.38. The van der Waals surface area contributed by atoms with Crippen LogP contribution in [0.4, 0.5) is 0 Å². The Morgan fingerprint density at radius 3 is 2.85 bits per heavy atom. The van der Waals surface area contributed by atoms with E-state index in [1.165, 1.54) is 12.8 Å². The summed E-state index contributed by atoms with van der Waals surface area (Å²) in [5, 5.41) is 9.78. The van der Waals surface area contributed by atoms with Gasteiger partial charge in [-0.2, -0.15) is 0 Å². The van der Waals surface area contributed by atoms with Crippen molar-refractivity contribution in [3.63, 3.8) is 0 Å². The molecule has 27 heavy (non-hydrogen) atoms. The van der Waals surface area contributed by atoms with Gasteiger partial charge in [0, 0.05) is 11.1 Å². The molecule has 1 heterocycles. The van der Waals surface area contributed by atoms with Crippen molar-refractivity contribution in [2.24, 2.45) is 11.8 Å². The van der Waals surface area contributed by atoms with Crippen LogP contribution in [0.3, 0.4) is 0 Å². The molecule has 1 fully saturated rings. The van der Waals surface area contributed by atoms with E-state index >= 15 is 0 Å². The molecule has 0 radical (unpaired) electrons. The maximum atomic E-state index is 12.5. The number of hydrogen-bond acceptors (Lipinski definition) is 3. The fourth-order valence-corrected chi connectivity index (χ4v) is 4.75. The summed E-state index contributed by atoms with van der Waals surface area (Å²) in [5.41, 5.74) is 0. The van der Waals surface area contributed by atoms with Crippen molar-refractivity contribution in [2.45, 2.75) is 44.9 Å². The van der Waals surface area contributed by atoms with Crippen molar-refractivity contribution in [1.82, 2.24) is 0 Å². The van der Waals surface area contributed by atoms with Crippen LogP contribution in [0, 0.1) is 11.8 Å². The Labute approximate surface area is 164 Å². The second kappa shape index (κ2) is 9.65. The molecule has 4 heteroatoms. The van der Waals surface area contributed by atoms with Gasteiger partial charge in [-0.3, -0.25) is 9.59 Å². The van der Waals surface area contributed by atoms with E-state index in [9.17, 15) is 9.59 Å². The molecular weight excluding hydrogens is 356 g/mol. The third kappa shape index (κ3) is 5.64. The SMILES string of the molecule is O=C(O)CCC/C=C\C[C@H]1CCC[C@@H]1/C=C/C(=O)c1cc2ccccc2s1. The number of benzene rings is 1. The predicted octanol–water partition coefficient (Wildman–Crippen LogP) is 6.26. The van der Waals surface area contributed by atoms with Crippen LogP contribution in [0.2, 0.25) is 0 Å². The van der Waals surface area contributed by atoms with E-state index in [2.05, 4.69) is 24.3 Å². The molecule has 1 N–H and O–H groups in total. The number of hydrogen-bond donors (Lipinski definition) is 1. The van der Waals surface area contributed by atoms with Gasteiger partial charge in [0.05, 0.1) is 4.88 Å². The lowest BCUT2D eigenvalue weighted by Gasteiger charge is -2.13. The van der Waals surface area contributed by atoms with Crippen molar-refractivity contribution in [2.75, 3.05) is 0 Å². The number of carbonyl (C=O) groups excluding carboxylic acids is 1. The minimum Gasteiger partial charge on any atom is -0.481 e. The van der Waals surface area contributed by atoms with E-state index in [0.29, 0.717) is 18.3 Å². The van der Waals surface area contributed by atoms with E-state index in [0.717, 1.165) is 34.2 Å². The number of aliphatic carboxylic acids is 1. The summed E-state index contributed by atoms with van der Waals surface area (Å²) in [6.07, 6.45) is 14.5. The summed E-state index contributed by atoms with van der Waals surface area (Å²) in [7, 11) is 0. The molecule has 0 amide bonds. The number of thiophene rings is 1. The van der Waals surface area contributed by atoms with Crippen molar-refractivity contribution in [1.29, 1.82) is 0 Å². The van der Waals surface area contributed by atoms with Gasteiger partial charge in [0.1, 0.15) is 0 Å². The summed E-state index contributed by atoms with van der Waals surface area (Å²) in [6, 6.07) is 10.1. The van der Waals surface area contributed by atoms with Crippen LogP contribution < -0.4 is 0 Å². The van der Waals surface area contributed by atoms with Crippen LogP contribution >= 0.6 is 11.3 Å². The zero-order valence-electron chi connectivity index (χ0n) is 15.5. The van der Waals surface area contributed by atoms with Crippen molar-refractivity contribution < 1.29 is 14.7 Å². The minimum absolute atomic E-state index is 0.103. The molecule has 0 saturated heterocycles. The molecule has 1 saturated carbocycles. The van der Waals surface area contributed by atoms with Gasteiger partial charge in [-0.1, -0.05) is 42.8 Å². The Balaban J connectivity index is 1.51. The summed E-state index contributed by atoms with van der Waals surface area (Å²) >= 11 is 1.56. The van der Waals surface area contributed by atoms with Gasteiger partial charge in [-0.05, 0) is 67.5 Å². The van der Waals surface area contributed by atoms with Crippen LogP contribution in [-0.2, 0) is 4.79 Å². The summed E-state index contributed by atoms with van der Waals surface area (Å²) in [5.74, 6) is 0.429. The topological polar surface area (TPSA) is 54.4 Å². The summed E-state index contributed by atoms with van der Waals surface area (Å²) in [6.45, 7) is 0. The molecule has 0 bridgehead atoms. The predicted molar refractivity (Wildman–Crippen MR) is 111 cm³/mol. The average molecular weight is 383 g/mol. The van der Waals surface area contributed by atoms with Crippen molar-refractivity contribution >= 4 is 33.2 Å². The first-order valence-electron chi connectivity index (χ1n) is 9.71. The van der Waals surface area contributed by atoms with Gasteiger partial charge in [0.25, 0.3) is 0 Å². The lowest BCUT2D eigenvalue weighted by atomic mass is 9.92. The Kier molecular flexibility index (Phi) is 6.99. The van der Waals surface area contributed by atoms with E-state index in [1.54, 1.807) is 17.4 Å². The molecule has 1 aromatic carbocycles. The highest BCUT2D eigenvalue weighted by molar-refractivity contribution is 7.20. The number of carbonyl (C=O) groups is 2. The van der Waals surface area contributed by atoms with Gasteiger partial charge < -0.3 is 5.11 Å². The molecule has 142 valence electrons. The molecule has 2 atom stereocenters. The largest absolute Gasteiger partial charge is 0.481 e. The number of carboxylic acids is 1. The molecule has 3 nitrogen and oxygen atoms in total. The van der Waals surface area contributed by atoms with Crippen LogP contribution in [0.15, 0.2) is 54.6 Å². The zero-order chi connectivity index (χ0) is 19.1. The molecule has 1 aliphatic carbocycles. The normalized spacial score (nSPS) is 20.1. The molecular formula is C23H26O3S. The van der Waals surface area contributed by atoms with E-state index < -0.39 is 5.97 Å². The van der Waals surface area contributed by atoms with Crippen LogP contribution in [-0.4, -0.2) is 16.9 Å². The monoisotopic (exact) mass is 382 g/mol. The van der Waals surface area contributed by atoms with Gasteiger partial charge >= 0.3 is 5.97 Å². The maximum Gasteiger partial charge on any atom is 0.303 e. The smallest absolute Gasteiger partial charge is 0.303 e. The van der Waals surface area contributed by atoms with E-state index in [1.807, 2.05) is 24.3 Å². The molecule has 2 aromatic rings. The van der Waals surface area contributed by atoms with Gasteiger partial charge in [0.15, 0.2) is 5.78 Å². The zero-order valence-corrected chi connectivity index (χ0v) is 16.3. The Hall–Kier alpha value is -2.20. The molecule has 0 aliphatic heterocycles. The van der Waals surface area contributed by atoms with Crippen LogP contribution in [0.1, 0.15) is 54.6 Å².